The number of ether oxygens (including phenoxy) is 12. The van der Waals surface area contributed by atoms with E-state index in [-0.39, 0.29) is 22.8 Å². The van der Waals surface area contributed by atoms with Gasteiger partial charge in [-0.1, -0.05) is 36.4 Å². The fourth-order valence-corrected chi connectivity index (χ4v) is 10.8. The molecule has 0 radical (unpaired) electrons. The standard InChI is InChI=1S/C69H70O36/c70-33-10-1-29(2-11-33)7-16-48(76)93-25-43-53(81)57(85)61(89)66(102-43)97-36-14-5-31(6-15-36)9-18-50(78)95-27-45-55(83)59(87)63(91)68(104-45)100-41-20-32(19-40(52(41)80)99-67-62(90)58(86)54(82)44(103-67)26-94-49(77)17-8-30-3-12-34(71)13-4-30)65-42(23-37-38(73)21-35(72)22-39(37)98-65)101-69-64(92)60(88)56(84)46(105-69)28-96-51(79)24-47(74)75/h1-23,43-46,53-64,66-71,73,80-92H,24-28H2,(H,74,75)/p+1/b16-7?,17-8?,18-9+/t43-,44-,45-,46-,53-,54-,55-,56-,57+,58+,59+,60+,61-,62-,63-,64-,66-,67-,68-,69-/m1/s1. The molecule has 562 valence electrons. The summed E-state index contributed by atoms with van der Waals surface area (Å²) in [4.78, 5) is 72.4. The summed E-state index contributed by atoms with van der Waals surface area (Å²) in [6, 6.07) is 21.6. The van der Waals surface area contributed by atoms with Crippen LogP contribution in [0, 0.1) is 0 Å². The Kier molecular flexibility index (Phi) is 25.0. The topological polar surface area (TPSA) is 575 Å². The zero-order valence-corrected chi connectivity index (χ0v) is 54.3. The minimum atomic E-state index is -2.26. The van der Waals surface area contributed by atoms with Gasteiger partial charge in [-0.25, -0.2) is 9.59 Å². The number of aliphatic carboxylic acids is 1. The van der Waals surface area contributed by atoms with Crippen molar-refractivity contribution in [3.8, 4) is 68.6 Å². The lowest BCUT2D eigenvalue weighted by atomic mass is 9.99. The predicted octanol–water partition coefficient (Wildman–Crippen LogP) is -2.26. The van der Waals surface area contributed by atoms with Crippen LogP contribution in [-0.2, 0) is 57.1 Å². The summed E-state index contributed by atoms with van der Waals surface area (Å²) in [5.41, 5.74) is -0.181. The van der Waals surface area contributed by atoms with Crippen LogP contribution in [0.2, 0.25) is 0 Å². The van der Waals surface area contributed by atoms with E-state index in [1.54, 1.807) is 0 Å². The Balaban J connectivity index is 0.878. The minimum absolute atomic E-state index is 0.0124. The van der Waals surface area contributed by atoms with Gasteiger partial charge in [-0.15, -0.1) is 0 Å². The molecule has 1 aliphatic carbocycles. The molecule has 0 saturated carbocycles. The second-order valence-corrected chi connectivity index (χ2v) is 24.1. The first-order valence-corrected chi connectivity index (χ1v) is 31.7. The molecule has 5 aliphatic heterocycles. The third-order valence-corrected chi connectivity index (χ3v) is 16.6. The summed E-state index contributed by atoms with van der Waals surface area (Å²) in [5.74, 6) is -10.8. The van der Waals surface area contributed by atoms with Gasteiger partial charge in [0.2, 0.25) is 37.5 Å². The fraction of sp³-hybridized carbons (Fsp3) is 0.362. The van der Waals surface area contributed by atoms with Gasteiger partial charge in [0.15, 0.2) is 34.5 Å². The third-order valence-electron chi connectivity index (χ3n) is 16.6. The molecule has 4 saturated heterocycles. The van der Waals surface area contributed by atoms with Crippen LogP contribution < -0.4 is 24.4 Å². The van der Waals surface area contributed by atoms with E-state index in [1.807, 2.05) is 0 Å². The largest absolute Gasteiger partial charge is 0.510 e. The van der Waals surface area contributed by atoms with Crippen LogP contribution in [0.3, 0.4) is 0 Å². The van der Waals surface area contributed by atoms with Crippen molar-refractivity contribution in [3.05, 3.63) is 148 Å². The number of hydrogen-bond acceptors (Lipinski definition) is 34. The molecule has 0 amide bonds. The molecule has 5 heterocycles. The number of fused-ring (bicyclic) bond motifs is 1. The fourth-order valence-electron chi connectivity index (χ4n) is 10.8. The molecule has 0 spiro atoms. The Bertz CT molecular complexity index is 4140. The zero-order chi connectivity index (χ0) is 75.7. The first-order valence-electron chi connectivity index (χ1n) is 31.7. The van der Waals surface area contributed by atoms with Gasteiger partial charge in [-0.2, -0.15) is 0 Å². The Hall–Kier alpha value is -10.4. The Morgan fingerprint density at radius 2 is 0.810 bits per heavy atom. The van der Waals surface area contributed by atoms with Crippen molar-refractivity contribution in [2.24, 2.45) is 0 Å². The van der Waals surface area contributed by atoms with Crippen molar-refractivity contribution < 1.29 is 172 Å². The zero-order valence-electron chi connectivity index (χ0n) is 54.3. The first kappa shape index (κ1) is 77.3. The molecule has 20 atom stereocenters. The number of aliphatic hydroxyl groups excluding tert-OH is 12. The van der Waals surface area contributed by atoms with Gasteiger partial charge in [0.1, 0.15) is 147 Å². The van der Waals surface area contributed by atoms with Crippen LogP contribution in [0.15, 0.2) is 131 Å². The van der Waals surface area contributed by atoms with Crippen molar-refractivity contribution in [2.75, 3.05) is 26.4 Å². The number of phenolic OH excluding ortho intramolecular Hbond substituents is 4. The van der Waals surface area contributed by atoms with Gasteiger partial charge in [0.25, 0.3) is 0 Å². The van der Waals surface area contributed by atoms with E-state index < -0.39 is 237 Å². The number of carbonyl (C=O) groups excluding carboxylic acids is 4. The Labute approximate surface area is 590 Å². The van der Waals surface area contributed by atoms with Crippen LogP contribution in [0.1, 0.15) is 23.1 Å². The van der Waals surface area contributed by atoms with Gasteiger partial charge in [-0.05, 0) is 89.5 Å². The lowest BCUT2D eigenvalue weighted by molar-refractivity contribution is -0.279. The summed E-state index contributed by atoms with van der Waals surface area (Å²) in [5, 5.41) is 183. The molecule has 36 heteroatoms. The van der Waals surface area contributed by atoms with Crippen molar-refractivity contribution in [1.29, 1.82) is 0 Å². The maximum absolute atomic E-state index is 13.2. The molecule has 6 aliphatic rings. The number of rotatable bonds is 25. The second-order valence-electron chi connectivity index (χ2n) is 24.1. The molecule has 10 rings (SSSR count). The normalized spacial score (nSPS) is 29.1. The molecule has 0 unspecified atom stereocenters. The lowest BCUT2D eigenvalue weighted by Crippen LogP contribution is -2.60. The summed E-state index contributed by atoms with van der Waals surface area (Å²) < 4.78 is 73.6. The van der Waals surface area contributed by atoms with E-state index in [4.69, 9.17) is 66.4 Å². The second kappa shape index (κ2) is 34.0. The number of carboxylic acid groups (broad SMARTS) is 1. The quantitative estimate of drug-likeness (QED) is 0.00946. The predicted molar refractivity (Wildman–Crippen MR) is 347 cm³/mol. The van der Waals surface area contributed by atoms with Gasteiger partial charge in [0.05, 0.1) is 11.6 Å². The van der Waals surface area contributed by atoms with Gasteiger partial charge < -0.3 is 153 Å². The van der Waals surface area contributed by atoms with Crippen LogP contribution in [0.4, 0.5) is 0 Å². The molecule has 0 aromatic heterocycles. The van der Waals surface area contributed by atoms with E-state index in [0.717, 1.165) is 48.6 Å². The SMILES string of the molecule is O=C(O)CC(=O)OC[C@H]1O[C@@H](Oc2cc3c(O)cc(=O)cc-3oc2-c2cc(O[C@@H]3O[C@H](COC(=O)/C=C/c4ccc(O[C@@H]5O[C@H](COC(=O)C=Cc6ccc(O)cc6)[C@@H](O)[C@H](O)[C@H]5O)cc4)[C@@H](O)[C@H](O)[C@H]3O)c(O)c(O[C@@H]3O[C@H](COC(=[OH+])C=Cc4ccc(O)cc4)[C@@H](O)[C@H](O)[C@H]3O)c2)[C@H](O)[C@@H](O)[C@@H]1O. The minimum Gasteiger partial charge on any atom is -0.508 e. The van der Waals surface area contributed by atoms with Gasteiger partial charge in [-0.3, -0.25) is 14.4 Å². The number of hydrogen-bond donors (Lipinski definition) is 17. The molecule has 4 aromatic carbocycles. The summed E-state index contributed by atoms with van der Waals surface area (Å²) in [6.07, 6.45) is -33.2. The molecular formula is C69H71O36+. The average Bonchev–Trinajstić information content (AvgIpc) is 0.759. The molecule has 18 N–H and O–H groups in total. The maximum Gasteiger partial charge on any atom is 0.510 e. The summed E-state index contributed by atoms with van der Waals surface area (Å²) in [7, 11) is 0. The molecule has 4 aromatic rings. The Morgan fingerprint density at radius 1 is 0.429 bits per heavy atom. The molecular weight excluding hydrogens is 1400 g/mol. The van der Waals surface area contributed by atoms with Crippen molar-refractivity contribution in [2.45, 2.75) is 129 Å². The van der Waals surface area contributed by atoms with Crippen molar-refractivity contribution in [1.82, 2.24) is 0 Å². The van der Waals surface area contributed by atoms with Gasteiger partial charge >= 0.3 is 29.8 Å². The maximum atomic E-state index is 13.2. The first-order chi connectivity index (χ1) is 50.0. The van der Waals surface area contributed by atoms with Crippen molar-refractivity contribution >= 4 is 48.1 Å². The highest BCUT2D eigenvalue weighted by Gasteiger charge is 2.51. The highest BCUT2D eigenvalue weighted by atomic mass is 16.7. The van der Waals surface area contributed by atoms with E-state index >= 15 is 0 Å². The number of aromatic hydroxyl groups is 4. The number of aliphatic hydroxyl groups is 12. The van der Waals surface area contributed by atoms with Crippen LogP contribution in [-0.4, -0.2) is 271 Å². The van der Waals surface area contributed by atoms with E-state index in [9.17, 15) is 110 Å². The average molecular weight is 1480 g/mol. The van der Waals surface area contributed by atoms with Gasteiger partial charge in [0, 0.05) is 29.8 Å². The summed E-state index contributed by atoms with van der Waals surface area (Å²) in [6.45, 7) is -3.15. The smallest absolute Gasteiger partial charge is 0.508 e. The lowest BCUT2D eigenvalue weighted by Gasteiger charge is -2.40. The molecule has 36 nitrogen and oxygen atoms in total. The van der Waals surface area contributed by atoms with Crippen LogP contribution in [0.5, 0.6) is 46.0 Å². The monoisotopic (exact) mass is 1480 g/mol. The number of phenols is 4. The Morgan fingerprint density at radius 3 is 1.24 bits per heavy atom. The van der Waals surface area contributed by atoms with Crippen LogP contribution in [0.25, 0.3) is 40.9 Å². The van der Waals surface area contributed by atoms with E-state index in [2.05, 4.69) is 0 Å². The molecule has 105 heavy (non-hydrogen) atoms. The molecule has 4 fully saturated rings. The number of carboxylic acids is 1. The highest BCUT2D eigenvalue weighted by Crippen LogP contribution is 2.48. The van der Waals surface area contributed by atoms with E-state index in [1.165, 1.54) is 91.0 Å². The van der Waals surface area contributed by atoms with E-state index in [0.29, 0.717) is 16.7 Å². The number of esters is 4. The number of carbonyl (C=O) groups is 4. The number of benzene rings is 5. The summed E-state index contributed by atoms with van der Waals surface area (Å²) >= 11 is 0. The van der Waals surface area contributed by atoms with Crippen LogP contribution >= 0.6 is 0 Å². The molecule has 0 bridgehead atoms. The third kappa shape index (κ3) is 19.2. The van der Waals surface area contributed by atoms with Crippen molar-refractivity contribution in [3.63, 3.8) is 0 Å². The highest BCUT2D eigenvalue weighted by molar-refractivity contribution is 5.90.